The van der Waals surface area contributed by atoms with E-state index in [2.05, 4.69) is 52.4 Å². The maximum Gasteiger partial charge on any atom is 0.295 e. The van der Waals surface area contributed by atoms with Crippen molar-refractivity contribution < 1.29 is 4.57 Å². The Bertz CT molecular complexity index is 1120. The molecule has 2 nitrogen and oxygen atoms in total. The van der Waals surface area contributed by atoms with Crippen LogP contribution < -0.4 is 4.57 Å². The number of para-hydroxylation sites is 1. The molecule has 2 aromatic heterocycles. The van der Waals surface area contributed by atoms with Crippen LogP contribution in [0.3, 0.4) is 0 Å². The van der Waals surface area contributed by atoms with Gasteiger partial charge in [0, 0.05) is 28.3 Å². The van der Waals surface area contributed by atoms with E-state index in [1.54, 1.807) is 0 Å². The van der Waals surface area contributed by atoms with Crippen molar-refractivity contribution >= 4 is 27.3 Å². The molecule has 4 aromatic rings. The van der Waals surface area contributed by atoms with Crippen molar-refractivity contribution in [2.45, 2.75) is 26.3 Å². The van der Waals surface area contributed by atoms with Crippen LogP contribution in [0.15, 0.2) is 36.5 Å². The summed E-state index contributed by atoms with van der Waals surface area (Å²) < 4.78 is 4.99. The van der Waals surface area contributed by atoms with E-state index in [1.807, 2.05) is 0 Å². The number of hydrogen-bond acceptors (Lipinski definition) is 0. The first-order valence-corrected chi connectivity index (χ1v) is 7.72. The molecule has 2 aliphatic heterocycles. The molecule has 0 amide bonds. The van der Waals surface area contributed by atoms with Crippen molar-refractivity contribution in [3.8, 4) is 0 Å². The number of aromatic nitrogens is 2. The van der Waals surface area contributed by atoms with Crippen molar-refractivity contribution in [2.24, 2.45) is 0 Å². The summed E-state index contributed by atoms with van der Waals surface area (Å²) in [7, 11) is 0. The lowest BCUT2D eigenvalue weighted by atomic mass is 9.94. The van der Waals surface area contributed by atoms with Crippen molar-refractivity contribution in [2.75, 3.05) is 0 Å². The monoisotopic (exact) mass is 271 g/mol. The van der Waals surface area contributed by atoms with Crippen LogP contribution in [0.1, 0.15) is 22.4 Å². The normalized spacial score (nSPS) is 15.3. The Morgan fingerprint density at radius 1 is 1.00 bits per heavy atom. The molecule has 0 saturated carbocycles. The molecular weight excluding hydrogens is 256 g/mol. The van der Waals surface area contributed by atoms with E-state index >= 15 is 0 Å². The second kappa shape index (κ2) is 3.11. The highest BCUT2D eigenvalue weighted by atomic mass is 15.1. The molecule has 2 aliphatic rings. The minimum atomic E-state index is 1.03. The number of benzene rings is 2. The van der Waals surface area contributed by atoms with Crippen LogP contribution >= 0.6 is 0 Å². The van der Waals surface area contributed by atoms with Gasteiger partial charge in [0.2, 0.25) is 0 Å². The van der Waals surface area contributed by atoms with Crippen LogP contribution in [0, 0.1) is 6.92 Å². The Labute approximate surface area is 122 Å². The molecule has 0 fully saturated rings. The molecule has 6 rings (SSSR count). The Morgan fingerprint density at radius 3 is 2.90 bits per heavy atom. The quantitative estimate of drug-likeness (QED) is 0.302. The van der Waals surface area contributed by atoms with Crippen LogP contribution in [0.4, 0.5) is 0 Å². The van der Waals surface area contributed by atoms with Crippen molar-refractivity contribution in [1.29, 1.82) is 0 Å². The highest BCUT2D eigenvalue weighted by molar-refractivity contribution is 6.15. The fourth-order valence-corrected chi connectivity index (χ4v) is 4.55. The summed E-state index contributed by atoms with van der Waals surface area (Å²) in [6.45, 7) is 3.28. The lowest BCUT2D eigenvalue weighted by Crippen LogP contribution is -2.28. The number of imidazole rings is 1. The molecule has 0 spiro atoms. The van der Waals surface area contributed by atoms with Crippen molar-refractivity contribution in [3.05, 3.63) is 58.9 Å². The van der Waals surface area contributed by atoms with Crippen LogP contribution in [-0.2, 0) is 19.4 Å². The lowest BCUT2D eigenvalue weighted by Gasteiger charge is -2.14. The van der Waals surface area contributed by atoms with Gasteiger partial charge in [-0.1, -0.05) is 30.3 Å². The predicted molar refractivity (Wildman–Crippen MR) is 83.9 cm³/mol. The Kier molecular flexibility index (Phi) is 1.54. The zero-order valence-corrected chi connectivity index (χ0v) is 12.0. The molecule has 0 N–H and O–H groups in total. The highest BCUT2D eigenvalue weighted by Gasteiger charge is 2.33. The molecule has 0 atom stereocenters. The third-order valence-corrected chi connectivity index (χ3v) is 5.40. The fourth-order valence-electron chi connectivity index (χ4n) is 4.55. The summed E-state index contributed by atoms with van der Waals surface area (Å²) in [5.74, 6) is 0. The number of aryl methyl sites for hydroxylation is 3. The molecule has 0 unspecified atom stereocenters. The largest absolute Gasteiger partial charge is 0.295 e. The van der Waals surface area contributed by atoms with E-state index in [0.717, 1.165) is 13.0 Å². The molecule has 2 aromatic carbocycles. The average molecular weight is 271 g/mol. The first-order valence-electron chi connectivity index (χ1n) is 7.72. The number of fused-ring (bicyclic) bond motifs is 1. The Morgan fingerprint density at radius 2 is 1.95 bits per heavy atom. The fraction of sp³-hybridized carbons (Fsp3) is 0.211. The van der Waals surface area contributed by atoms with Gasteiger partial charge in [-0.15, -0.1) is 0 Å². The van der Waals surface area contributed by atoms with Gasteiger partial charge in [0.1, 0.15) is 24.0 Å². The maximum atomic E-state index is 2.53. The summed E-state index contributed by atoms with van der Waals surface area (Å²) in [6.07, 6.45) is 4.70. The minimum Gasteiger partial charge on any atom is -0.225 e. The van der Waals surface area contributed by atoms with E-state index in [0.29, 0.717) is 0 Å². The third kappa shape index (κ3) is 1.00. The van der Waals surface area contributed by atoms with Crippen LogP contribution in [0.25, 0.3) is 27.3 Å². The number of nitrogens with zero attached hydrogens (tertiary/aromatic N) is 2. The summed E-state index contributed by atoms with van der Waals surface area (Å²) >= 11 is 0. The highest BCUT2D eigenvalue weighted by Crippen LogP contribution is 2.39. The molecule has 100 valence electrons. The van der Waals surface area contributed by atoms with E-state index in [9.17, 15) is 0 Å². The first-order chi connectivity index (χ1) is 10.3. The van der Waals surface area contributed by atoms with Crippen LogP contribution in [0.5, 0.6) is 0 Å². The standard InChI is InChI=1S/C19H15N2/c1-11-5-6-13-9-20-10-14-8-7-12-3-2-4-15-16(11)17(13)19(20)21(14)18(12)15/h2-6,10H,7-9H2,1H3/q+1. The van der Waals surface area contributed by atoms with Gasteiger partial charge in [-0.3, -0.25) is 0 Å². The van der Waals surface area contributed by atoms with Gasteiger partial charge < -0.3 is 0 Å². The van der Waals surface area contributed by atoms with Crippen molar-refractivity contribution in [3.63, 3.8) is 0 Å². The Balaban J connectivity index is 2.13. The van der Waals surface area contributed by atoms with Crippen LogP contribution in [-0.4, -0.2) is 4.40 Å². The van der Waals surface area contributed by atoms with Gasteiger partial charge in [-0.25, -0.2) is 4.57 Å². The average Bonchev–Trinajstić information content (AvgIpc) is 3.03. The van der Waals surface area contributed by atoms with Gasteiger partial charge in [0.05, 0.1) is 5.39 Å². The summed E-state index contributed by atoms with van der Waals surface area (Å²) in [5, 5.41) is 4.38. The van der Waals surface area contributed by atoms with Gasteiger partial charge in [-0.05, 0) is 18.9 Å². The molecule has 0 saturated heterocycles. The van der Waals surface area contributed by atoms with Crippen molar-refractivity contribution in [1.82, 2.24) is 4.40 Å². The molecule has 0 radical (unpaired) electrons. The van der Waals surface area contributed by atoms with E-state index < -0.39 is 0 Å². The van der Waals surface area contributed by atoms with Crippen LogP contribution in [0.2, 0.25) is 0 Å². The molecule has 21 heavy (non-hydrogen) atoms. The van der Waals surface area contributed by atoms with Gasteiger partial charge in [0.15, 0.2) is 0 Å². The van der Waals surface area contributed by atoms with E-state index in [-0.39, 0.29) is 0 Å². The van der Waals surface area contributed by atoms with E-state index in [1.165, 1.54) is 56.1 Å². The molecule has 0 aliphatic carbocycles. The zero-order chi connectivity index (χ0) is 13.7. The second-order valence-corrected chi connectivity index (χ2v) is 6.51. The maximum absolute atomic E-state index is 2.53. The molecule has 4 heterocycles. The number of hydrogen-bond donors (Lipinski definition) is 0. The van der Waals surface area contributed by atoms with Gasteiger partial charge in [-0.2, -0.15) is 4.40 Å². The minimum absolute atomic E-state index is 1.03. The smallest absolute Gasteiger partial charge is 0.225 e. The Hall–Kier alpha value is -2.35. The van der Waals surface area contributed by atoms with E-state index in [4.69, 9.17) is 0 Å². The lowest BCUT2D eigenvalue weighted by molar-refractivity contribution is -0.657. The van der Waals surface area contributed by atoms with Gasteiger partial charge in [0.25, 0.3) is 5.65 Å². The zero-order valence-electron chi connectivity index (χ0n) is 12.0. The second-order valence-electron chi connectivity index (χ2n) is 6.51. The first kappa shape index (κ1) is 10.4. The third-order valence-electron chi connectivity index (χ3n) is 5.40. The summed E-state index contributed by atoms with van der Waals surface area (Å²) in [6, 6.07) is 11.4. The molecule has 2 heteroatoms. The molecule has 0 bridgehead atoms. The predicted octanol–water partition coefficient (Wildman–Crippen LogP) is 3.30. The summed E-state index contributed by atoms with van der Waals surface area (Å²) in [4.78, 5) is 0. The molecular formula is C19H15N2+. The number of pyridine rings is 1. The van der Waals surface area contributed by atoms with Gasteiger partial charge >= 0.3 is 0 Å². The number of rotatable bonds is 0. The summed E-state index contributed by atoms with van der Waals surface area (Å²) in [5.41, 5.74) is 8.71. The SMILES string of the molecule is Cc1ccc2c3c1c1cccc4c1n1c(c[n+](c31)C2)CC4. The topological polar surface area (TPSA) is 8.29 Å².